The Morgan fingerprint density at radius 3 is 2.48 bits per heavy atom. The van der Waals surface area contributed by atoms with E-state index in [1.165, 1.54) is 12.1 Å². The minimum absolute atomic E-state index is 0.0295. The molecule has 0 radical (unpaired) electrons. The summed E-state index contributed by atoms with van der Waals surface area (Å²) < 4.78 is 20.4. The highest BCUT2D eigenvalue weighted by molar-refractivity contribution is 5.96. The van der Waals surface area contributed by atoms with Gasteiger partial charge in [-0.3, -0.25) is 9.59 Å². The molecule has 4 nitrogen and oxygen atoms in total. The van der Waals surface area contributed by atoms with Crippen LogP contribution in [0.4, 0.5) is 4.39 Å². The number of nitrogens with one attached hydrogen (secondary N) is 1. The van der Waals surface area contributed by atoms with E-state index in [0.29, 0.717) is 16.9 Å². The maximum Gasteiger partial charge on any atom is 0.251 e. The number of rotatable bonds is 7. The van der Waals surface area contributed by atoms with Gasteiger partial charge >= 0.3 is 0 Å². The fourth-order valence-electron chi connectivity index (χ4n) is 3.35. The third-order valence-electron chi connectivity index (χ3n) is 4.91. The van der Waals surface area contributed by atoms with Crippen LogP contribution < -0.4 is 10.3 Å². The van der Waals surface area contributed by atoms with Crippen LogP contribution in [0.2, 0.25) is 0 Å². The Labute approximate surface area is 169 Å². The second kappa shape index (κ2) is 8.86. The molecular weight excluding hydrogens is 369 g/mol. The predicted octanol–water partition coefficient (Wildman–Crippen LogP) is 5.09. The van der Waals surface area contributed by atoms with Gasteiger partial charge in [0.15, 0.2) is 5.78 Å². The highest BCUT2D eigenvalue weighted by Crippen LogP contribution is 2.23. The van der Waals surface area contributed by atoms with Gasteiger partial charge in [0.2, 0.25) is 0 Å². The van der Waals surface area contributed by atoms with Gasteiger partial charge in [-0.05, 0) is 68.7 Å². The number of Topliss-reactive ketones (excluding diaryl/α,β-unsaturated/α-hetero) is 1. The normalized spacial score (nSPS) is 11.9. The molecule has 0 aliphatic heterocycles. The zero-order valence-corrected chi connectivity index (χ0v) is 16.8. The zero-order chi connectivity index (χ0) is 21.0. The van der Waals surface area contributed by atoms with Crippen molar-refractivity contribution in [1.29, 1.82) is 0 Å². The van der Waals surface area contributed by atoms with Crippen LogP contribution in [-0.2, 0) is 6.42 Å². The minimum Gasteiger partial charge on any atom is -0.486 e. The molecule has 1 unspecified atom stereocenters. The maximum atomic E-state index is 14.6. The van der Waals surface area contributed by atoms with Gasteiger partial charge in [0.1, 0.15) is 17.7 Å². The summed E-state index contributed by atoms with van der Waals surface area (Å²) in [6.45, 7) is 5.48. The standard InChI is InChI=1S/C24H24FNO3/c1-15-13-16(2)26-24(28)20(15)11-12-23(27)21-10-9-18(14-22(21)25)17(3)29-19-7-5-4-6-8-19/h4-10,13-14,17H,11-12H2,1-3H3,(H,26,28). The smallest absolute Gasteiger partial charge is 0.251 e. The fourth-order valence-corrected chi connectivity index (χ4v) is 3.35. The number of carbonyl (C=O) groups excluding carboxylic acids is 1. The summed E-state index contributed by atoms with van der Waals surface area (Å²) in [5, 5.41) is 0. The van der Waals surface area contributed by atoms with Gasteiger partial charge in [0.25, 0.3) is 5.56 Å². The molecule has 1 N–H and O–H groups in total. The molecular formula is C24H24FNO3. The Kier molecular flexibility index (Phi) is 6.27. The van der Waals surface area contributed by atoms with E-state index in [9.17, 15) is 14.0 Å². The zero-order valence-electron chi connectivity index (χ0n) is 16.8. The first-order valence-corrected chi connectivity index (χ1v) is 9.59. The molecule has 150 valence electrons. The molecule has 3 aromatic rings. The monoisotopic (exact) mass is 393 g/mol. The van der Waals surface area contributed by atoms with Gasteiger partial charge in [-0.1, -0.05) is 24.3 Å². The summed E-state index contributed by atoms with van der Waals surface area (Å²) in [5.74, 6) is -0.213. The second-order valence-corrected chi connectivity index (χ2v) is 7.18. The first-order chi connectivity index (χ1) is 13.8. The number of hydrogen-bond donors (Lipinski definition) is 1. The van der Waals surface area contributed by atoms with Crippen molar-refractivity contribution in [3.63, 3.8) is 0 Å². The van der Waals surface area contributed by atoms with Gasteiger partial charge in [0.05, 0.1) is 5.56 Å². The number of para-hydroxylation sites is 1. The van der Waals surface area contributed by atoms with E-state index in [1.807, 2.05) is 57.2 Å². The molecule has 0 amide bonds. The van der Waals surface area contributed by atoms with E-state index >= 15 is 0 Å². The third-order valence-corrected chi connectivity index (χ3v) is 4.91. The summed E-state index contributed by atoms with van der Waals surface area (Å²) >= 11 is 0. The summed E-state index contributed by atoms with van der Waals surface area (Å²) in [5.41, 5.74) is 2.65. The van der Waals surface area contributed by atoms with Crippen molar-refractivity contribution in [2.75, 3.05) is 0 Å². The van der Waals surface area contributed by atoms with Crippen LogP contribution in [0.15, 0.2) is 59.4 Å². The first kappa shape index (κ1) is 20.5. The number of H-pyrrole nitrogens is 1. The Balaban J connectivity index is 1.70. The lowest BCUT2D eigenvalue weighted by Crippen LogP contribution is -2.17. The number of aryl methyl sites for hydroxylation is 2. The van der Waals surface area contributed by atoms with E-state index < -0.39 is 5.82 Å². The lowest BCUT2D eigenvalue weighted by atomic mass is 9.98. The van der Waals surface area contributed by atoms with Crippen molar-refractivity contribution in [2.24, 2.45) is 0 Å². The number of ketones is 1. The molecule has 1 atom stereocenters. The van der Waals surface area contributed by atoms with Gasteiger partial charge < -0.3 is 9.72 Å². The first-order valence-electron chi connectivity index (χ1n) is 9.59. The summed E-state index contributed by atoms with van der Waals surface area (Å²) in [6.07, 6.45) is -0.0151. The SMILES string of the molecule is Cc1cc(C)c(CCC(=O)c2ccc(C(C)Oc3ccccc3)cc2F)c(=O)[nH]1. The number of benzene rings is 2. The van der Waals surface area contributed by atoms with E-state index in [-0.39, 0.29) is 35.9 Å². The summed E-state index contributed by atoms with van der Waals surface area (Å²) in [4.78, 5) is 27.3. The topological polar surface area (TPSA) is 59.2 Å². The molecule has 0 aliphatic rings. The highest BCUT2D eigenvalue weighted by atomic mass is 19.1. The molecule has 0 fully saturated rings. The maximum absolute atomic E-state index is 14.6. The Morgan fingerprint density at radius 2 is 1.83 bits per heavy atom. The van der Waals surface area contributed by atoms with Crippen LogP contribution in [0.1, 0.15) is 52.2 Å². The summed E-state index contributed by atoms with van der Waals surface area (Å²) in [6, 6.07) is 15.7. The molecule has 5 heteroatoms. The quantitative estimate of drug-likeness (QED) is 0.569. The van der Waals surface area contributed by atoms with Crippen molar-refractivity contribution in [3.8, 4) is 5.75 Å². The van der Waals surface area contributed by atoms with Gasteiger partial charge in [0, 0.05) is 17.7 Å². The number of aromatic nitrogens is 1. The van der Waals surface area contributed by atoms with E-state index in [0.717, 1.165) is 11.3 Å². The highest BCUT2D eigenvalue weighted by Gasteiger charge is 2.16. The Morgan fingerprint density at radius 1 is 1.10 bits per heavy atom. The number of ether oxygens (including phenoxy) is 1. The Hall–Kier alpha value is -3.21. The number of aromatic amines is 1. The van der Waals surface area contributed by atoms with Gasteiger partial charge in [-0.2, -0.15) is 0 Å². The van der Waals surface area contributed by atoms with E-state index in [1.54, 1.807) is 6.07 Å². The minimum atomic E-state index is -0.578. The van der Waals surface area contributed by atoms with Crippen LogP contribution in [0.3, 0.4) is 0 Å². The van der Waals surface area contributed by atoms with Crippen LogP contribution in [0.25, 0.3) is 0 Å². The van der Waals surface area contributed by atoms with Crippen LogP contribution in [0, 0.1) is 19.7 Å². The lowest BCUT2D eigenvalue weighted by Gasteiger charge is -2.16. The van der Waals surface area contributed by atoms with Crippen molar-refractivity contribution < 1.29 is 13.9 Å². The number of hydrogen-bond acceptors (Lipinski definition) is 3. The average molecular weight is 393 g/mol. The molecule has 0 saturated heterocycles. The van der Waals surface area contributed by atoms with Crippen LogP contribution in [-0.4, -0.2) is 10.8 Å². The van der Waals surface area contributed by atoms with Crippen molar-refractivity contribution in [1.82, 2.24) is 4.98 Å². The summed E-state index contributed by atoms with van der Waals surface area (Å²) in [7, 11) is 0. The van der Waals surface area contributed by atoms with E-state index in [2.05, 4.69) is 4.98 Å². The Bertz CT molecular complexity index is 1070. The predicted molar refractivity (Wildman–Crippen MR) is 111 cm³/mol. The molecule has 0 bridgehead atoms. The molecule has 1 aromatic heterocycles. The van der Waals surface area contributed by atoms with Crippen LogP contribution in [0.5, 0.6) is 5.75 Å². The third kappa shape index (κ3) is 4.99. The molecule has 2 aromatic carbocycles. The molecule has 0 spiro atoms. The molecule has 0 aliphatic carbocycles. The largest absolute Gasteiger partial charge is 0.486 e. The van der Waals surface area contributed by atoms with E-state index in [4.69, 9.17) is 4.74 Å². The van der Waals surface area contributed by atoms with Crippen molar-refractivity contribution >= 4 is 5.78 Å². The molecule has 3 rings (SSSR count). The average Bonchev–Trinajstić information content (AvgIpc) is 2.67. The molecule has 0 saturated carbocycles. The van der Waals surface area contributed by atoms with Gasteiger partial charge in [-0.15, -0.1) is 0 Å². The van der Waals surface area contributed by atoms with Gasteiger partial charge in [-0.25, -0.2) is 4.39 Å². The molecule has 1 heterocycles. The number of carbonyl (C=O) groups is 1. The number of halogens is 1. The lowest BCUT2D eigenvalue weighted by molar-refractivity contribution is 0.0978. The van der Waals surface area contributed by atoms with Crippen molar-refractivity contribution in [3.05, 3.63) is 98.7 Å². The number of pyridine rings is 1. The van der Waals surface area contributed by atoms with Crippen molar-refractivity contribution in [2.45, 2.75) is 39.7 Å². The second-order valence-electron chi connectivity index (χ2n) is 7.18. The molecule has 29 heavy (non-hydrogen) atoms. The van der Waals surface area contributed by atoms with Crippen LogP contribution >= 0.6 is 0 Å². The fraction of sp³-hybridized carbons (Fsp3) is 0.250.